The quantitative estimate of drug-likeness (QED) is 0.774. The number of carbonyl (C=O) groups excluding carboxylic acids is 1. The van der Waals surface area contributed by atoms with Crippen LogP contribution in [0.4, 0.5) is 0 Å². The van der Waals surface area contributed by atoms with E-state index in [1.54, 1.807) is 6.92 Å². The summed E-state index contributed by atoms with van der Waals surface area (Å²) in [4.78, 5) is 26.7. The molecule has 1 saturated heterocycles. The topological polar surface area (TPSA) is 59.8 Å². The molecular formula is C20H23NO4S. The van der Waals surface area contributed by atoms with Crippen LogP contribution < -0.4 is 10.4 Å². The lowest BCUT2D eigenvalue weighted by atomic mass is 10.0. The van der Waals surface area contributed by atoms with E-state index < -0.39 is 6.10 Å². The van der Waals surface area contributed by atoms with E-state index in [9.17, 15) is 9.59 Å². The van der Waals surface area contributed by atoms with E-state index in [1.165, 1.54) is 0 Å². The molecule has 1 aliphatic carbocycles. The number of amides is 1. The van der Waals surface area contributed by atoms with Crippen LogP contribution in [0.25, 0.3) is 11.0 Å². The van der Waals surface area contributed by atoms with Crippen LogP contribution in [0.3, 0.4) is 0 Å². The fourth-order valence-corrected chi connectivity index (χ4v) is 4.78. The third kappa shape index (κ3) is 3.00. The van der Waals surface area contributed by atoms with Crippen LogP contribution in [-0.4, -0.2) is 41.5 Å². The van der Waals surface area contributed by atoms with Gasteiger partial charge in [0.25, 0.3) is 5.91 Å². The summed E-state index contributed by atoms with van der Waals surface area (Å²) >= 11 is 1.87. The molecule has 0 bridgehead atoms. The summed E-state index contributed by atoms with van der Waals surface area (Å²) < 4.78 is 11.6. The van der Waals surface area contributed by atoms with Crippen LogP contribution in [0.15, 0.2) is 21.3 Å². The Labute approximate surface area is 156 Å². The maximum absolute atomic E-state index is 12.6. The van der Waals surface area contributed by atoms with E-state index in [0.717, 1.165) is 65.9 Å². The van der Waals surface area contributed by atoms with Crippen LogP contribution in [0.1, 0.15) is 30.0 Å². The van der Waals surface area contributed by atoms with E-state index in [-0.39, 0.29) is 11.5 Å². The first-order valence-corrected chi connectivity index (χ1v) is 10.3. The Balaban J connectivity index is 1.63. The van der Waals surface area contributed by atoms with E-state index in [4.69, 9.17) is 9.15 Å². The number of fused-ring (bicyclic) bond motifs is 3. The van der Waals surface area contributed by atoms with Crippen LogP contribution >= 0.6 is 11.8 Å². The summed E-state index contributed by atoms with van der Waals surface area (Å²) in [6.45, 7) is 5.22. The van der Waals surface area contributed by atoms with Crippen molar-refractivity contribution >= 4 is 28.6 Å². The first-order chi connectivity index (χ1) is 12.6. The molecule has 0 spiro atoms. The van der Waals surface area contributed by atoms with Crippen molar-refractivity contribution in [3.05, 3.63) is 39.2 Å². The highest BCUT2D eigenvalue weighted by Gasteiger charge is 2.25. The van der Waals surface area contributed by atoms with Gasteiger partial charge in [-0.15, -0.1) is 0 Å². The molecule has 1 aliphatic heterocycles. The van der Waals surface area contributed by atoms with Crippen molar-refractivity contribution in [1.29, 1.82) is 0 Å². The maximum atomic E-state index is 12.6. The van der Waals surface area contributed by atoms with Gasteiger partial charge < -0.3 is 14.1 Å². The summed E-state index contributed by atoms with van der Waals surface area (Å²) in [6, 6.07) is 3.85. The highest BCUT2D eigenvalue weighted by Crippen LogP contribution is 2.33. The molecule has 1 aromatic heterocycles. The highest BCUT2D eigenvalue weighted by atomic mass is 32.2. The lowest BCUT2D eigenvalue weighted by Gasteiger charge is -2.29. The van der Waals surface area contributed by atoms with Crippen molar-refractivity contribution in [3.8, 4) is 5.75 Å². The van der Waals surface area contributed by atoms with Crippen molar-refractivity contribution in [2.24, 2.45) is 0 Å². The summed E-state index contributed by atoms with van der Waals surface area (Å²) in [6.07, 6.45) is 2.15. The average molecular weight is 373 g/mol. The van der Waals surface area contributed by atoms with Gasteiger partial charge >= 0.3 is 5.63 Å². The summed E-state index contributed by atoms with van der Waals surface area (Å²) in [5.41, 5.74) is 3.06. The molecule has 1 aromatic carbocycles. The van der Waals surface area contributed by atoms with Gasteiger partial charge in [-0.25, -0.2) is 4.79 Å². The standard InChI is InChI=1S/C20H23NO4S/c1-12-17(24-13(2)19(22)21-8-10-26-11-9-21)7-6-15-14-4-3-5-16(14)20(23)25-18(12)15/h6-7,13H,3-5,8-11H2,1-2H3. The average Bonchev–Trinajstić information content (AvgIpc) is 3.15. The first kappa shape index (κ1) is 17.5. The van der Waals surface area contributed by atoms with Crippen LogP contribution in [-0.2, 0) is 17.6 Å². The van der Waals surface area contributed by atoms with Gasteiger partial charge in [-0.2, -0.15) is 11.8 Å². The molecule has 6 heteroatoms. The SMILES string of the molecule is Cc1c(OC(C)C(=O)N2CCSCC2)ccc2c3c(c(=O)oc12)CCC3. The Kier molecular flexibility index (Phi) is 4.69. The summed E-state index contributed by atoms with van der Waals surface area (Å²) in [7, 11) is 0. The summed E-state index contributed by atoms with van der Waals surface area (Å²) in [5.74, 6) is 2.57. The first-order valence-electron chi connectivity index (χ1n) is 9.17. The molecule has 0 saturated carbocycles. The minimum Gasteiger partial charge on any atom is -0.480 e. The van der Waals surface area contributed by atoms with Gasteiger partial charge in [-0.3, -0.25) is 4.79 Å². The Bertz CT molecular complexity index is 914. The number of thioether (sulfide) groups is 1. The number of hydrogen-bond donors (Lipinski definition) is 0. The van der Waals surface area contributed by atoms with Gasteiger partial charge in [0, 0.05) is 41.1 Å². The van der Waals surface area contributed by atoms with Gasteiger partial charge in [-0.05, 0) is 50.8 Å². The lowest BCUT2D eigenvalue weighted by Crippen LogP contribution is -2.44. The van der Waals surface area contributed by atoms with E-state index in [0.29, 0.717) is 11.3 Å². The second-order valence-electron chi connectivity index (χ2n) is 6.96. The number of benzene rings is 1. The molecule has 2 heterocycles. The molecule has 5 nitrogen and oxygen atoms in total. The van der Waals surface area contributed by atoms with Gasteiger partial charge in [0.05, 0.1) is 0 Å². The predicted octanol–water partition coefficient (Wildman–Crippen LogP) is 2.93. The van der Waals surface area contributed by atoms with E-state index in [1.807, 2.05) is 35.7 Å². The highest BCUT2D eigenvalue weighted by molar-refractivity contribution is 7.99. The zero-order valence-electron chi connectivity index (χ0n) is 15.2. The maximum Gasteiger partial charge on any atom is 0.339 e. The molecule has 1 atom stereocenters. The number of ether oxygens (including phenoxy) is 1. The smallest absolute Gasteiger partial charge is 0.339 e. The number of rotatable bonds is 3. The van der Waals surface area contributed by atoms with Crippen molar-refractivity contribution in [1.82, 2.24) is 4.90 Å². The number of carbonyl (C=O) groups is 1. The summed E-state index contributed by atoms with van der Waals surface area (Å²) in [5, 5.41) is 0.994. The van der Waals surface area contributed by atoms with Gasteiger partial charge in [0.15, 0.2) is 6.10 Å². The van der Waals surface area contributed by atoms with E-state index in [2.05, 4.69) is 0 Å². The second-order valence-corrected chi connectivity index (χ2v) is 8.19. The van der Waals surface area contributed by atoms with Crippen LogP contribution in [0.2, 0.25) is 0 Å². The molecule has 0 radical (unpaired) electrons. The molecule has 2 aliphatic rings. The van der Waals surface area contributed by atoms with Gasteiger partial charge in [0.2, 0.25) is 0 Å². The third-order valence-corrected chi connectivity index (χ3v) is 6.26. The Hall–Kier alpha value is -1.95. The van der Waals surface area contributed by atoms with Gasteiger partial charge in [-0.1, -0.05) is 0 Å². The molecule has 1 fully saturated rings. The fraction of sp³-hybridized carbons (Fsp3) is 0.500. The molecule has 0 N–H and O–H groups in total. The number of hydrogen-bond acceptors (Lipinski definition) is 5. The largest absolute Gasteiger partial charge is 0.480 e. The van der Waals surface area contributed by atoms with Gasteiger partial charge in [0.1, 0.15) is 11.3 Å². The zero-order chi connectivity index (χ0) is 18.3. The fourth-order valence-electron chi connectivity index (χ4n) is 3.87. The molecule has 26 heavy (non-hydrogen) atoms. The molecule has 138 valence electrons. The molecule has 2 aromatic rings. The Morgan fingerprint density at radius 1 is 1.23 bits per heavy atom. The van der Waals surface area contributed by atoms with Crippen LogP contribution in [0, 0.1) is 6.92 Å². The Morgan fingerprint density at radius 3 is 2.73 bits per heavy atom. The van der Waals surface area contributed by atoms with Crippen molar-refractivity contribution < 1.29 is 13.9 Å². The van der Waals surface area contributed by atoms with Crippen molar-refractivity contribution in [2.75, 3.05) is 24.6 Å². The molecule has 1 unspecified atom stereocenters. The zero-order valence-corrected chi connectivity index (χ0v) is 16.0. The van der Waals surface area contributed by atoms with Crippen molar-refractivity contribution in [3.63, 3.8) is 0 Å². The molecule has 1 amide bonds. The minimum absolute atomic E-state index is 0.0141. The molecule has 4 rings (SSSR count). The third-order valence-electron chi connectivity index (χ3n) is 5.31. The Morgan fingerprint density at radius 2 is 1.96 bits per heavy atom. The lowest BCUT2D eigenvalue weighted by molar-refractivity contribution is -0.137. The predicted molar refractivity (Wildman–Crippen MR) is 103 cm³/mol. The van der Waals surface area contributed by atoms with E-state index >= 15 is 0 Å². The van der Waals surface area contributed by atoms with Crippen LogP contribution in [0.5, 0.6) is 5.75 Å². The number of nitrogens with zero attached hydrogens (tertiary/aromatic N) is 1. The van der Waals surface area contributed by atoms with Crippen molar-refractivity contribution in [2.45, 2.75) is 39.2 Å². The monoisotopic (exact) mass is 373 g/mol. The number of aryl methyl sites for hydroxylation is 2. The molecular weight excluding hydrogens is 350 g/mol. The minimum atomic E-state index is -0.560. The second kappa shape index (κ2) is 6.99. The normalized spacial score (nSPS) is 18.0.